The van der Waals surface area contributed by atoms with Crippen molar-refractivity contribution in [1.29, 1.82) is 0 Å². The quantitative estimate of drug-likeness (QED) is 0.580. The van der Waals surface area contributed by atoms with Crippen molar-refractivity contribution >= 4 is 38.0 Å². The first-order chi connectivity index (χ1) is 8.72. The predicted molar refractivity (Wildman–Crippen MR) is 71.9 cm³/mol. The summed E-state index contributed by atoms with van der Waals surface area (Å²) in [7, 11) is -3.79. The number of fused-ring (bicyclic) bond motifs is 1. The van der Waals surface area contributed by atoms with Gasteiger partial charge in [-0.15, -0.1) is 4.40 Å². The molecule has 0 fully saturated rings. The predicted octanol–water partition coefficient (Wildman–Crippen LogP) is 0.684. The van der Waals surface area contributed by atoms with E-state index in [2.05, 4.69) is 20.3 Å². The molecule has 7 nitrogen and oxygen atoms in total. The largest absolute Gasteiger partial charge is 0.345 e. The Morgan fingerprint density at radius 1 is 1.42 bits per heavy atom. The van der Waals surface area contributed by atoms with Gasteiger partial charge in [0.2, 0.25) is 0 Å². The summed E-state index contributed by atoms with van der Waals surface area (Å²) in [6, 6.07) is 2.21. The van der Waals surface area contributed by atoms with E-state index in [4.69, 9.17) is 0 Å². The fraction of sp³-hybridized carbons (Fsp3) is 0.300. The summed E-state index contributed by atoms with van der Waals surface area (Å²) in [4.78, 5) is 10.3. The molecule has 0 unspecified atom stereocenters. The number of nitro benzene ring substituents is 1. The summed E-state index contributed by atoms with van der Waals surface area (Å²) in [5, 5.41) is 11.4. The van der Waals surface area contributed by atoms with Crippen LogP contribution in [0.5, 0.6) is 0 Å². The third-order valence-corrected chi connectivity index (χ3v) is 4.61. The molecule has 0 bridgehead atoms. The van der Waals surface area contributed by atoms with Crippen molar-refractivity contribution in [2.24, 2.45) is 4.40 Å². The number of nitrogens with zero attached hydrogens (tertiary/aromatic N) is 3. The maximum Gasteiger partial charge on any atom is 0.345 e. The molecule has 102 valence electrons. The van der Waals surface area contributed by atoms with Crippen LogP contribution in [0.15, 0.2) is 21.0 Å². The van der Waals surface area contributed by atoms with Crippen LogP contribution in [0, 0.1) is 10.1 Å². The minimum Gasteiger partial charge on any atom is -0.258 e. The first-order valence-electron chi connectivity index (χ1n) is 5.31. The van der Waals surface area contributed by atoms with Crippen LogP contribution < -0.4 is 10.6 Å². The SMILES string of the molecule is CC(C)N1C=c2cc([N+](=O)[O-])cc(Br)c2=NS1(=O)=O. The third kappa shape index (κ3) is 2.47. The standard InChI is InChI=1S/C10H10BrN3O4S/c1-6(2)13-5-7-3-8(14(15)16)4-9(11)10(7)12-19(13,17)18/h3-6H,1-2H3. The van der Waals surface area contributed by atoms with E-state index in [0.29, 0.717) is 5.22 Å². The average molecular weight is 348 g/mol. The zero-order valence-electron chi connectivity index (χ0n) is 10.1. The first kappa shape index (κ1) is 13.9. The molecule has 1 aromatic rings. The summed E-state index contributed by atoms with van der Waals surface area (Å²) in [5.74, 6) is 0. The Hall–Kier alpha value is -1.48. The Kier molecular flexibility index (Phi) is 3.35. The van der Waals surface area contributed by atoms with Gasteiger partial charge in [0.25, 0.3) is 5.69 Å². The lowest BCUT2D eigenvalue weighted by Gasteiger charge is -2.23. The van der Waals surface area contributed by atoms with Gasteiger partial charge in [-0.2, -0.15) is 8.42 Å². The van der Waals surface area contributed by atoms with Crippen LogP contribution >= 0.6 is 15.9 Å². The number of hydrogen-bond donors (Lipinski definition) is 0. The number of non-ortho nitro benzene ring substituents is 1. The van der Waals surface area contributed by atoms with Crippen molar-refractivity contribution in [2.75, 3.05) is 0 Å². The van der Waals surface area contributed by atoms with Crippen molar-refractivity contribution in [3.63, 3.8) is 0 Å². The van der Waals surface area contributed by atoms with Gasteiger partial charge < -0.3 is 0 Å². The van der Waals surface area contributed by atoms with Crippen molar-refractivity contribution in [1.82, 2.24) is 4.31 Å². The lowest BCUT2D eigenvalue weighted by atomic mass is 10.2. The molecule has 1 heterocycles. The second-order valence-corrected chi connectivity index (χ2v) is 6.60. The van der Waals surface area contributed by atoms with Gasteiger partial charge in [0.1, 0.15) is 5.36 Å². The monoisotopic (exact) mass is 347 g/mol. The Labute approximate surface area is 117 Å². The molecular formula is C10H10BrN3O4S. The van der Waals surface area contributed by atoms with Gasteiger partial charge in [-0.1, -0.05) is 0 Å². The van der Waals surface area contributed by atoms with Gasteiger partial charge in [0, 0.05) is 29.6 Å². The van der Waals surface area contributed by atoms with Crippen LogP contribution in [-0.2, 0) is 10.2 Å². The van der Waals surface area contributed by atoms with E-state index in [0.717, 1.165) is 4.31 Å². The molecule has 1 aliphatic heterocycles. The highest BCUT2D eigenvalue weighted by Gasteiger charge is 2.25. The van der Waals surface area contributed by atoms with Gasteiger partial charge in [-0.05, 0) is 29.8 Å². The molecule has 2 rings (SSSR count). The summed E-state index contributed by atoms with van der Waals surface area (Å²) in [6.45, 7) is 3.39. The van der Waals surface area contributed by atoms with Crippen LogP contribution in [0.3, 0.4) is 0 Å². The molecule has 0 saturated carbocycles. The van der Waals surface area contributed by atoms with Crippen LogP contribution in [0.25, 0.3) is 6.20 Å². The van der Waals surface area contributed by atoms with Crippen LogP contribution in [0.2, 0.25) is 0 Å². The Morgan fingerprint density at radius 3 is 2.58 bits per heavy atom. The second kappa shape index (κ2) is 4.57. The summed E-state index contributed by atoms with van der Waals surface area (Å²) in [6.07, 6.45) is 1.36. The van der Waals surface area contributed by atoms with E-state index in [1.807, 2.05) is 0 Å². The molecule has 1 aromatic carbocycles. The van der Waals surface area contributed by atoms with Crippen LogP contribution in [0.4, 0.5) is 5.69 Å². The molecule has 0 radical (unpaired) electrons. The minimum atomic E-state index is -3.79. The van der Waals surface area contributed by atoms with Crippen molar-refractivity contribution in [3.05, 3.63) is 37.3 Å². The topological polar surface area (TPSA) is 92.9 Å². The number of benzene rings is 1. The lowest BCUT2D eigenvalue weighted by molar-refractivity contribution is -0.385. The molecule has 0 N–H and O–H groups in total. The highest BCUT2D eigenvalue weighted by atomic mass is 79.9. The fourth-order valence-corrected chi connectivity index (χ4v) is 3.67. The highest BCUT2D eigenvalue weighted by Crippen LogP contribution is 2.16. The van der Waals surface area contributed by atoms with E-state index in [-0.39, 0.29) is 21.6 Å². The van der Waals surface area contributed by atoms with Crippen LogP contribution in [0.1, 0.15) is 13.8 Å². The van der Waals surface area contributed by atoms with Crippen molar-refractivity contribution in [3.8, 4) is 0 Å². The maximum absolute atomic E-state index is 11.9. The fourth-order valence-electron chi connectivity index (χ4n) is 1.69. The number of nitro groups is 1. The smallest absolute Gasteiger partial charge is 0.258 e. The van der Waals surface area contributed by atoms with E-state index < -0.39 is 15.1 Å². The number of halogens is 1. The normalized spacial score (nSPS) is 16.5. The van der Waals surface area contributed by atoms with Crippen molar-refractivity contribution < 1.29 is 13.3 Å². The molecule has 0 aromatic heterocycles. The molecular weight excluding hydrogens is 338 g/mol. The van der Waals surface area contributed by atoms with Gasteiger partial charge in [-0.3, -0.25) is 14.4 Å². The van der Waals surface area contributed by atoms with Gasteiger partial charge in [-0.25, -0.2) is 0 Å². The summed E-state index contributed by atoms with van der Waals surface area (Å²) < 4.78 is 28.9. The Bertz CT molecular complexity index is 773. The van der Waals surface area contributed by atoms with Crippen LogP contribution in [-0.4, -0.2) is 23.7 Å². The lowest BCUT2D eigenvalue weighted by Crippen LogP contribution is -2.42. The van der Waals surface area contributed by atoms with E-state index in [1.54, 1.807) is 13.8 Å². The number of rotatable bonds is 2. The molecule has 0 spiro atoms. The second-order valence-electron chi connectivity index (χ2n) is 4.24. The molecule has 0 amide bonds. The zero-order chi connectivity index (χ0) is 14.4. The summed E-state index contributed by atoms with van der Waals surface area (Å²) >= 11 is 3.11. The third-order valence-electron chi connectivity index (χ3n) is 2.54. The van der Waals surface area contributed by atoms with E-state index >= 15 is 0 Å². The van der Waals surface area contributed by atoms with Gasteiger partial charge >= 0.3 is 10.2 Å². The first-order valence-corrected chi connectivity index (χ1v) is 7.50. The summed E-state index contributed by atoms with van der Waals surface area (Å²) in [5.41, 5.74) is -0.125. The highest BCUT2D eigenvalue weighted by molar-refractivity contribution is 9.10. The minimum absolute atomic E-state index is 0.125. The Balaban J connectivity index is 2.83. The van der Waals surface area contributed by atoms with Gasteiger partial charge in [0.05, 0.1) is 9.40 Å². The Morgan fingerprint density at radius 2 is 2.05 bits per heavy atom. The van der Waals surface area contributed by atoms with E-state index in [1.165, 1.54) is 18.3 Å². The van der Waals surface area contributed by atoms with Gasteiger partial charge in [0.15, 0.2) is 0 Å². The molecule has 0 aliphatic carbocycles. The molecule has 0 saturated heterocycles. The molecule has 1 aliphatic rings. The molecule has 9 heteroatoms. The number of hydrogen-bond acceptors (Lipinski definition) is 4. The molecule has 0 atom stereocenters. The maximum atomic E-state index is 11.9. The van der Waals surface area contributed by atoms with Crippen molar-refractivity contribution in [2.45, 2.75) is 19.9 Å². The average Bonchev–Trinajstić information content (AvgIpc) is 2.27. The van der Waals surface area contributed by atoms with E-state index in [9.17, 15) is 18.5 Å². The molecule has 19 heavy (non-hydrogen) atoms. The zero-order valence-corrected chi connectivity index (χ0v) is 12.5.